The second-order valence-corrected chi connectivity index (χ2v) is 4.26. The number of para-hydroxylation sites is 1. The lowest BCUT2D eigenvalue weighted by Gasteiger charge is -2.09. The standard InChI is InChI=1S/C16H19NO2.ClH/c1-18-15-9-7-13(8-10-15)11-17-12-14-5-3-4-6-16(14)19-2;/h3-10,17H,11-12H2,1-2H3;1H. The van der Waals surface area contributed by atoms with E-state index in [1.807, 2.05) is 30.3 Å². The third-order valence-electron chi connectivity index (χ3n) is 3.00. The molecule has 2 aromatic carbocycles. The Balaban J connectivity index is 0.00000200. The zero-order valence-corrected chi connectivity index (χ0v) is 12.6. The fourth-order valence-electron chi connectivity index (χ4n) is 1.93. The molecule has 0 fully saturated rings. The van der Waals surface area contributed by atoms with E-state index in [9.17, 15) is 0 Å². The Hall–Kier alpha value is -1.71. The van der Waals surface area contributed by atoms with Gasteiger partial charge in [-0.05, 0) is 23.8 Å². The second-order valence-electron chi connectivity index (χ2n) is 4.26. The number of rotatable bonds is 6. The average molecular weight is 294 g/mol. The lowest BCUT2D eigenvalue weighted by Crippen LogP contribution is -2.13. The molecular weight excluding hydrogens is 274 g/mol. The van der Waals surface area contributed by atoms with E-state index in [0.717, 1.165) is 24.6 Å². The normalized spacial score (nSPS) is 9.70. The van der Waals surface area contributed by atoms with Crippen LogP contribution in [-0.4, -0.2) is 14.2 Å². The molecule has 0 amide bonds. The van der Waals surface area contributed by atoms with Gasteiger partial charge >= 0.3 is 0 Å². The van der Waals surface area contributed by atoms with E-state index in [-0.39, 0.29) is 12.4 Å². The highest BCUT2D eigenvalue weighted by atomic mass is 35.5. The number of methoxy groups -OCH3 is 2. The molecule has 0 aliphatic heterocycles. The first-order chi connectivity index (χ1) is 9.33. The van der Waals surface area contributed by atoms with Crippen molar-refractivity contribution in [3.8, 4) is 11.5 Å². The van der Waals surface area contributed by atoms with E-state index < -0.39 is 0 Å². The summed E-state index contributed by atoms with van der Waals surface area (Å²) in [6, 6.07) is 16.1. The van der Waals surface area contributed by atoms with Crippen molar-refractivity contribution in [2.45, 2.75) is 13.1 Å². The Labute approximate surface area is 126 Å². The van der Waals surface area contributed by atoms with Crippen LogP contribution in [0, 0.1) is 0 Å². The molecule has 20 heavy (non-hydrogen) atoms. The third-order valence-corrected chi connectivity index (χ3v) is 3.00. The summed E-state index contributed by atoms with van der Waals surface area (Å²) in [5.41, 5.74) is 2.40. The largest absolute Gasteiger partial charge is 0.497 e. The van der Waals surface area contributed by atoms with E-state index in [0.29, 0.717) is 0 Å². The number of ether oxygens (including phenoxy) is 2. The number of hydrogen-bond donors (Lipinski definition) is 1. The van der Waals surface area contributed by atoms with E-state index in [2.05, 4.69) is 23.5 Å². The molecule has 1 N–H and O–H groups in total. The number of benzene rings is 2. The zero-order chi connectivity index (χ0) is 13.5. The lowest BCUT2D eigenvalue weighted by atomic mass is 10.2. The van der Waals surface area contributed by atoms with Gasteiger partial charge in [-0.3, -0.25) is 0 Å². The lowest BCUT2D eigenvalue weighted by molar-refractivity contribution is 0.407. The molecule has 108 valence electrons. The van der Waals surface area contributed by atoms with Gasteiger partial charge in [-0.1, -0.05) is 30.3 Å². The first-order valence-corrected chi connectivity index (χ1v) is 6.29. The van der Waals surface area contributed by atoms with Gasteiger partial charge < -0.3 is 14.8 Å². The minimum absolute atomic E-state index is 0. The van der Waals surface area contributed by atoms with Crippen LogP contribution in [0.25, 0.3) is 0 Å². The topological polar surface area (TPSA) is 30.5 Å². The van der Waals surface area contributed by atoms with Crippen LogP contribution in [0.3, 0.4) is 0 Å². The Morgan fingerprint density at radius 2 is 1.55 bits per heavy atom. The van der Waals surface area contributed by atoms with Gasteiger partial charge in [-0.2, -0.15) is 0 Å². The van der Waals surface area contributed by atoms with Crippen LogP contribution < -0.4 is 14.8 Å². The summed E-state index contributed by atoms with van der Waals surface area (Å²) in [6.45, 7) is 1.61. The van der Waals surface area contributed by atoms with Crippen molar-refractivity contribution in [1.82, 2.24) is 5.32 Å². The maximum atomic E-state index is 5.32. The summed E-state index contributed by atoms with van der Waals surface area (Å²) in [4.78, 5) is 0. The summed E-state index contributed by atoms with van der Waals surface area (Å²) < 4.78 is 10.5. The Bertz CT molecular complexity index is 514. The van der Waals surface area contributed by atoms with Crippen LogP contribution >= 0.6 is 12.4 Å². The van der Waals surface area contributed by atoms with Crippen LogP contribution in [-0.2, 0) is 13.1 Å². The van der Waals surface area contributed by atoms with Gasteiger partial charge in [0.2, 0.25) is 0 Å². The summed E-state index contributed by atoms with van der Waals surface area (Å²) in [5.74, 6) is 1.80. The molecular formula is C16H20ClNO2. The third kappa shape index (κ3) is 4.44. The van der Waals surface area contributed by atoms with E-state index in [4.69, 9.17) is 9.47 Å². The van der Waals surface area contributed by atoms with Gasteiger partial charge in [0.25, 0.3) is 0 Å². The van der Waals surface area contributed by atoms with Crippen LogP contribution in [0.1, 0.15) is 11.1 Å². The van der Waals surface area contributed by atoms with Gasteiger partial charge in [0.15, 0.2) is 0 Å². The fourth-order valence-corrected chi connectivity index (χ4v) is 1.93. The minimum Gasteiger partial charge on any atom is -0.497 e. The summed E-state index contributed by atoms with van der Waals surface area (Å²) >= 11 is 0. The summed E-state index contributed by atoms with van der Waals surface area (Å²) in [7, 11) is 3.37. The van der Waals surface area contributed by atoms with E-state index in [1.165, 1.54) is 11.1 Å². The van der Waals surface area contributed by atoms with E-state index in [1.54, 1.807) is 14.2 Å². The van der Waals surface area contributed by atoms with Crippen molar-refractivity contribution < 1.29 is 9.47 Å². The SMILES string of the molecule is COc1ccc(CNCc2ccccc2OC)cc1.Cl. The molecule has 3 nitrogen and oxygen atoms in total. The summed E-state index contributed by atoms with van der Waals surface area (Å²) in [6.07, 6.45) is 0. The average Bonchev–Trinajstić information content (AvgIpc) is 2.48. The van der Waals surface area contributed by atoms with Crippen LogP contribution in [0.15, 0.2) is 48.5 Å². The van der Waals surface area contributed by atoms with Gasteiger partial charge in [-0.25, -0.2) is 0 Å². The van der Waals surface area contributed by atoms with Crippen molar-refractivity contribution in [3.05, 3.63) is 59.7 Å². The molecule has 0 saturated carbocycles. The van der Waals surface area contributed by atoms with Gasteiger partial charge in [0.1, 0.15) is 11.5 Å². The molecule has 4 heteroatoms. The van der Waals surface area contributed by atoms with E-state index >= 15 is 0 Å². The molecule has 0 atom stereocenters. The van der Waals surface area contributed by atoms with Crippen LogP contribution in [0.5, 0.6) is 11.5 Å². The predicted molar refractivity (Wildman–Crippen MR) is 83.8 cm³/mol. The quantitative estimate of drug-likeness (QED) is 0.885. The Morgan fingerprint density at radius 1 is 0.850 bits per heavy atom. The molecule has 0 aliphatic rings. The molecule has 0 saturated heterocycles. The van der Waals surface area contributed by atoms with Gasteiger partial charge in [0.05, 0.1) is 14.2 Å². The Morgan fingerprint density at radius 3 is 2.20 bits per heavy atom. The molecule has 0 radical (unpaired) electrons. The first kappa shape index (κ1) is 16.3. The molecule has 0 heterocycles. The smallest absolute Gasteiger partial charge is 0.123 e. The van der Waals surface area contributed by atoms with Gasteiger partial charge in [0, 0.05) is 18.7 Å². The molecule has 2 rings (SSSR count). The number of hydrogen-bond acceptors (Lipinski definition) is 3. The highest BCUT2D eigenvalue weighted by Gasteiger charge is 2.01. The second kappa shape index (κ2) is 8.46. The predicted octanol–water partition coefficient (Wildman–Crippen LogP) is 3.42. The van der Waals surface area contributed by atoms with Crippen molar-refractivity contribution in [2.75, 3.05) is 14.2 Å². The fraction of sp³-hybridized carbons (Fsp3) is 0.250. The molecule has 0 unspecified atom stereocenters. The number of halogens is 1. The zero-order valence-electron chi connectivity index (χ0n) is 11.8. The highest BCUT2D eigenvalue weighted by molar-refractivity contribution is 5.85. The summed E-state index contributed by atoms with van der Waals surface area (Å²) in [5, 5.41) is 3.41. The molecule has 2 aromatic rings. The van der Waals surface area contributed by atoms with Crippen LogP contribution in [0.2, 0.25) is 0 Å². The maximum absolute atomic E-state index is 5.32. The molecule has 0 aliphatic carbocycles. The first-order valence-electron chi connectivity index (χ1n) is 6.29. The van der Waals surface area contributed by atoms with Crippen LogP contribution in [0.4, 0.5) is 0 Å². The molecule has 0 spiro atoms. The van der Waals surface area contributed by atoms with Crippen molar-refractivity contribution in [3.63, 3.8) is 0 Å². The minimum atomic E-state index is 0. The molecule has 0 bridgehead atoms. The number of nitrogens with one attached hydrogen (secondary N) is 1. The van der Waals surface area contributed by atoms with Crippen molar-refractivity contribution >= 4 is 12.4 Å². The van der Waals surface area contributed by atoms with Crippen molar-refractivity contribution in [1.29, 1.82) is 0 Å². The van der Waals surface area contributed by atoms with Gasteiger partial charge in [-0.15, -0.1) is 12.4 Å². The molecule has 0 aromatic heterocycles. The Kier molecular flexibility index (Phi) is 6.91. The maximum Gasteiger partial charge on any atom is 0.123 e. The van der Waals surface area contributed by atoms with Crippen molar-refractivity contribution in [2.24, 2.45) is 0 Å². The highest BCUT2D eigenvalue weighted by Crippen LogP contribution is 2.17. The monoisotopic (exact) mass is 293 g/mol.